The topological polar surface area (TPSA) is 27.6 Å². The van der Waals surface area contributed by atoms with Gasteiger partial charge in [0.05, 0.1) is 6.54 Å². The Labute approximate surface area is 106 Å². The quantitative estimate of drug-likeness (QED) is 0.868. The first kappa shape index (κ1) is 10.7. The summed E-state index contributed by atoms with van der Waals surface area (Å²) in [5.74, 6) is 1.15. The molecule has 0 bridgehead atoms. The number of aryl methyl sites for hydroxylation is 2. The van der Waals surface area contributed by atoms with Gasteiger partial charge in [0.2, 0.25) is 0 Å². The number of thioether (sulfide) groups is 1. The molecule has 2 heterocycles. The fourth-order valence-electron chi connectivity index (χ4n) is 2.11. The van der Waals surface area contributed by atoms with Crippen LogP contribution in [0.25, 0.3) is 0 Å². The summed E-state index contributed by atoms with van der Waals surface area (Å²) in [7, 11) is 0. The van der Waals surface area contributed by atoms with Crippen LogP contribution in [0.15, 0.2) is 34.4 Å². The highest BCUT2D eigenvalue weighted by molar-refractivity contribution is 8.16. The first-order valence-electron chi connectivity index (χ1n) is 5.77. The largest absolute Gasteiger partial charge is 0.341 e. The summed E-state index contributed by atoms with van der Waals surface area (Å²) in [6, 6.07) is 6.47. The van der Waals surface area contributed by atoms with Crippen LogP contribution in [0.4, 0.5) is 5.69 Å². The summed E-state index contributed by atoms with van der Waals surface area (Å²) in [6.45, 7) is 6.16. The minimum atomic E-state index is 0.911. The van der Waals surface area contributed by atoms with Crippen molar-refractivity contribution in [2.45, 2.75) is 13.8 Å². The van der Waals surface area contributed by atoms with Crippen molar-refractivity contribution in [1.29, 1.82) is 0 Å². The Morgan fingerprint density at radius 2 is 2.24 bits per heavy atom. The highest BCUT2D eigenvalue weighted by Gasteiger charge is 2.26. The number of rotatable bonds is 2. The molecule has 0 unspecified atom stereocenters. The van der Waals surface area contributed by atoms with Gasteiger partial charge in [0.15, 0.2) is 5.17 Å². The molecule has 0 aromatic heterocycles. The molecule has 4 heteroatoms. The number of hydrogen-bond donors (Lipinski definition) is 1. The van der Waals surface area contributed by atoms with Crippen molar-refractivity contribution in [3.05, 3.63) is 40.6 Å². The van der Waals surface area contributed by atoms with Crippen molar-refractivity contribution in [3.8, 4) is 0 Å². The Morgan fingerprint density at radius 3 is 3.06 bits per heavy atom. The first-order valence-corrected chi connectivity index (χ1v) is 6.65. The standard InChI is InChI=1S/C13H15N3S/c1-9-3-4-11(10(2)7-9)15-12-8-17-13-14-5-6-16(12)13/h3-4,7-8,15H,5-6H2,1-2H3. The van der Waals surface area contributed by atoms with E-state index in [1.54, 1.807) is 11.8 Å². The Morgan fingerprint density at radius 1 is 1.35 bits per heavy atom. The summed E-state index contributed by atoms with van der Waals surface area (Å²) in [4.78, 5) is 6.68. The van der Waals surface area contributed by atoms with Gasteiger partial charge in [-0.15, -0.1) is 0 Å². The van der Waals surface area contributed by atoms with Crippen LogP contribution in [0.5, 0.6) is 0 Å². The number of fused-ring (bicyclic) bond motifs is 1. The number of nitrogens with one attached hydrogen (secondary N) is 1. The molecule has 0 radical (unpaired) electrons. The third-order valence-electron chi connectivity index (χ3n) is 3.01. The third-order valence-corrected chi connectivity index (χ3v) is 3.91. The fourth-order valence-corrected chi connectivity index (χ4v) is 3.00. The van der Waals surface area contributed by atoms with Crippen molar-refractivity contribution in [1.82, 2.24) is 4.90 Å². The maximum absolute atomic E-state index is 4.44. The minimum Gasteiger partial charge on any atom is -0.341 e. The highest BCUT2D eigenvalue weighted by Crippen LogP contribution is 2.30. The summed E-state index contributed by atoms with van der Waals surface area (Å²) >= 11 is 1.70. The second kappa shape index (κ2) is 4.11. The monoisotopic (exact) mass is 245 g/mol. The van der Waals surface area contributed by atoms with Gasteiger partial charge in [-0.1, -0.05) is 29.5 Å². The van der Waals surface area contributed by atoms with E-state index in [1.165, 1.54) is 16.8 Å². The van der Waals surface area contributed by atoms with Gasteiger partial charge in [0.1, 0.15) is 5.82 Å². The summed E-state index contributed by atoms with van der Waals surface area (Å²) < 4.78 is 0. The second-order valence-electron chi connectivity index (χ2n) is 4.38. The van der Waals surface area contributed by atoms with Gasteiger partial charge >= 0.3 is 0 Å². The zero-order valence-corrected chi connectivity index (χ0v) is 10.8. The van der Waals surface area contributed by atoms with Crippen LogP contribution in [0.1, 0.15) is 11.1 Å². The normalized spacial score (nSPS) is 17.9. The molecule has 17 heavy (non-hydrogen) atoms. The van der Waals surface area contributed by atoms with Gasteiger partial charge in [0, 0.05) is 17.6 Å². The second-order valence-corrected chi connectivity index (χ2v) is 5.22. The number of nitrogens with zero attached hydrogens (tertiary/aromatic N) is 2. The zero-order chi connectivity index (χ0) is 11.8. The molecule has 1 aromatic rings. The Hall–Kier alpha value is -1.42. The summed E-state index contributed by atoms with van der Waals surface area (Å²) in [5, 5.41) is 6.75. The fraction of sp³-hybridized carbons (Fsp3) is 0.308. The lowest BCUT2D eigenvalue weighted by molar-refractivity contribution is 0.580. The van der Waals surface area contributed by atoms with E-state index in [4.69, 9.17) is 0 Å². The predicted octanol–water partition coefficient (Wildman–Crippen LogP) is 2.93. The SMILES string of the molecule is Cc1ccc(NC2=CSC3=NCCN23)c(C)c1. The van der Waals surface area contributed by atoms with E-state index < -0.39 is 0 Å². The first-order chi connectivity index (χ1) is 8.24. The van der Waals surface area contributed by atoms with Crippen molar-refractivity contribution < 1.29 is 0 Å². The lowest BCUT2D eigenvalue weighted by Crippen LogP contribution is -2.25. The Kier molecular flexibility index (Phi) is 2.59. The average Bonchev–Trinajstić information content (AvgIpc) is 2.86. The van der Waals surface area contributed by atoms with E-state index in [2.05, 4.69) is 52.7 Å². The van der Waals surface area contributed by atoms with E-state index in [0.29, 0.717) is 0 Å². The molecular weight excluding hydrogens is 230 g/mol. The third kappa shape index (κ3) is 1.93. The van der Waals surface area contributed by atoms with Crippen LogP contribution < -0.4 is 5.32 Å². The van der Waals surface area contributed by atoms with E-state index in [1.807, 2.05) is 0 Å². The van der Waals surface area contributed by atoms with Crippen molar-refractivity contribution in [2.75, 3.05) is 18.4 Å². The number of aliphatic imine (C=N–C) groups is 1. The van der Waals surface area contributed by atoms with Gasteiger partial charge in [-0.05, 0) is 25.5 Å². The van der Waals surface area contributed by atoms with Crippen LogP contribution in [-0.4, -0.2) is 23.2 Å². The molecule has 0 fully saturated rings. The van der Waals surface area contributed by atoms with Gasteiger partial charge in [-0.3, -0.25) is 4.99 Å². The minimum absolute atomic E-state index is 0.911. The smallest absolute Gasteiger partial charge is 0.169 e. The lowest BCUT2D eigenvalue weighted by atomic mass is 10.1. The Balaban J connectivity index is 1.81. The maximum Gasteiger partial charge on any atom is 0.169 e. The molecule has 2 aliphatic heterocycles. The van der Waals surface area contributed by atoms with Crippen LogP contribution in [0.3, 0.4) is 0 Å². The molecule has 3 nitrogen and oxygen atoms in total. The molecule has 1 aromatic carbocycles. The van der Waals surface area contributed by atoms with Crippen LogP contribution in [-0.2, 0) is 0 Å². The van der Waals surface area contributed by atoms with E-state index in [9.17, 15) is 0 Å². The van der Waals surface area contributed by atoms with E-state index in [-0.39, 0.29) is 0 Å². The molecular formula is C13H15N3S. The lowest BCUT2D eigenvalue weighted by Gasteiger charge is -2.19. The predicted molar refractivity (Wildman–Crippen MR) is 74.2 cm³/mol. The summed E-state index contributed by atoms with van der Waals surface area (Å²) in [6.07, 6.45) is 0. The zero-order valence-electron chi connectivity index (χ0n) is 10.0. The Bertz CT molecular complexity index is 519. The number of hydrogen-bond acceptors (Lipinski definition) is 4. The van der Waals surface area contributed by atoms with Gasteiger partial charge in [-0.25, -0.2) is 0 Å². The van der Waals surface area contributed by atoms with Crippen LogP contribution in [0, 0.1) is 13.8 Å². The van der Waals surface area contributed by atoms with Gasteiger partial charge in [-0.2, -0.15) is 0 Å². The van der Waals surface area contributed by atoms with Crippen molar-refractivity contribution in [2.24, 2.45) is 4.99 Å². The molecule has 1 N–H and O–H groups in total. The van der Waals surface area contributed by atoms with E-state index in [0.717, 1.165) is 24.1 Å². The molecule has 0 amide bonds. The molecule has 3 rings (SSSR count). The van der Waals surface area contributed by atoms with Gasteiger partial charge < -0.3 is 10.2 Å². The molecule has 0 spiro atoms. The number of amidine groups is 1. The van der Waals surface area contributed by atoms with E-state index >= 15 is 0 Å². The number of benzene rings is 1. The molecule has 2 aliphatic rings. The molecule has 88 valence electrons. The molecule has 0 saturated heterocycles. The van der Waals surface area contributed by atoms with Crippen LogP contribution >= 0.6 is 11.8 Å². The molecule has 0 saturated carbocycles. The van der Waals surface area contributed by atoms with Crippen LogP contribution in [0.2, 0.25) is 0 Å². The van der Waals surface area contributed by atoms with Crippen molar-refractivity contribution >= 4 is 22.6 Å². The highest BCUT2D eigenvalue weighted by atomic mass is 32.2. The maximum atomic E-state index is 4.44. The average molecular weight is 245 g/mol. The molecule has 0 aliphatic carbocycles. The van der Waals surface area contributed by atoms with Gasteiger partial charge in [0.25, 0.3) is 0 Å². The molecule has 0 atom stereocenters. The number of anilines is 1. The van der Waals surface area contributed by atoms with Crippen molar-refractivity contribution in [3.63, 3.8) is 0 Å². The summed E-state index contributed by atoms with van der Waals surface area (Å²) in [5.41, 5.74) is 3.75.